The molecule has 1 aliphatic rings. The van der Waals surface area contributed by atoms with Crippen molar-refractivity contribution in [2.24, 2.45) is 5.92 Å². The Morgan fingerprint density at radius 2 is 2.10 bits per heavy atom. The number of nitrogens with zero attached hydrogens (tertiary/aromatic N) is 1. The van der Waals surface area contributed by atoms with Gasteiger partial charge < -0.3 is 4.74 Å². The summed E-state index contributed by atoms with van der Waals surface area (Å²) in [5.41, 5.74) is 1.11. The largest absolute Gasteiger partial charge is 0.447 e. The first-order chi connectivity index (χ1) is 10.1. The van der Waals surface area contributed by atoms with Gasteiger partial charge in [-0.15, -0.1) is 0 Å². The van der Waals surface area contributed by atoms with Crippen LogP contribution in [0.15, 0.2) is 30.3 Å². The summed E-state index contributed by atoms with van der Waals surface area (Å²) in [5, 5.41) is 0. The first kappa shape index (κ1) is 15.5. The number of imide groups is 1. The van der Waals surface area contributed by atoms with Crippen molar-refractivity contribution in [2.45, 2.75) is 45.6 Å². The van der Waals surface area contributed by atoms with Gasteiger partial charge in [0.15, 0.2) is 0 Å². The zero-order chi connectivity index (χ0) is 15.2. The number of rotatable bonds is 6. The molecule has 1 saturated heterocycles. The Labute approximate surface area is 126 Å². The second-order valence-electron chi connectivity index (χ2n) is 5.67. The van der Waals surface area contributed by atoms with Crippen LogP contribution in [0, 0.1) is 5.92 Å². The molecule has 1 aromatic rings. The third-order valence-corrected chi connectivity index (χ3v) is 3.92. The van der Waals surface area contributed by atoms with Crippen molar-refractivity contribution in [3.63, 3.8) is 0 Å². The van der Waals surface area contributed by atoms with Crippen molar-refractivity contribution in [1.82, 2.24) is 4.90 Å². The van der Waals surface area contributed by atoms with Crippen molar-refractivity contribution < 1.29 is 14.3 Å². The van der Waals surface area contributed by atoms with Gasteiger partial charge in [-0.1, -0.05) is 57.0 Å². The van der Waals surface area contributed by atoms with Crippen LogP contribution in [0.1, 0.15) is 38.7 Å². The topological polar surface area (TPSA) is 46.6 Å². The van der Waals surface area contributed by atoms with Gasteiger partial charge in [0.2, 0.25) is 5.91 Å². The number of cyclic esters (lactones) is 1. The van der Waals surface area contributed by atoms with Crippen LogP contribution in [0.2, 0.25) is 0 Å². The van der Waals surface area contributed by atoms with Crippen molar-refractivity contribution in [3.8, 4) is 0 Å². The van der Waals surface area contributed by atoms with E-state index in [0.29, 0.717) is 13.0 Å². The molecule has 1 fully saturated rings. The van der Waals surface area contributed by atoms with Crippen LogP contribution in [0.25, 0.3) is 0 Å². The molecular weight excluding hydrogens is 266 g/mol. The Morgan fingerprint density at radius 3 is 2.76 bits per heavy atom. The van der Waals surface area contributed by atoms with Crippen LogP contribution in [-0.4, -0.2) is 29.5 Å². The summed E-state index contributed by atoms with van der Waals surface area (Å²) >= 11 is 0. The quantitative estimate of drug-likeness (QED) is 0.806. The average Bonchev–Trinajstić information content (AvgIpc) is 2.85. The maximum Gasteiger partial charge on any atom is 0.416 e. The van der Waals surface area contributed by atoms with Gasteiger partial charge in [0.05, 0.1) is 6.04 Å². The first-order valence-corrected chi connectivity index (χ1v) is 7.67. The van der Waals surface area contributed by atoms with Gasteiger partial charge >= 0.3 is 6.09 Å². The van der Waals surface area contributed by atoms with Crippen molar-refractivity contribution in [2.75, 3.05) is 6.61 Å². The molecule has 2 amide bonds. The van der Waals surface area contributed by atoms with Gasteiger partial charge in [0, 0.05) is 5.92 Å². The van der Waals surface area contributed by atoms with E-state index in [1.165, 1.54) is 4.90 Å². The third-order valence-electron chi connectivity index (χ3n) is 3.92. The van der Waals surface area contributed by atoms with Crippen LogP contribution < -0.4 is 0 Å². The van der Waals surface area contributed by atoms with Gasteiger partial charge in [0.25, 0.3) is 0 Å². The van der Waals surface area contributed by atoms with E-state index in [0.717, 1.165) is 24.8 Å². The molecule has 1 heterocycles. The summed E-state index contributed by atoms with van der Waals surface area (Å²) in [7, 11) is 0. The molecule has 2 atom stereocenters. The van der Waals surface area contributed by atoms with Crippen LogP contribution in [0.4, 0.5) is 4.79 Å². The third kappa shape index (κ3) is 3.84. The lowest BCUT2D eigenvalue weighted by Crippen LogP contribution is -2.43. The highest BCUT2D eigenvalue weighted by Gasteiger charge is 2.39. The number of benzene rings is 1. The molecular formula is C17H23NO3. The summed E-state index contributed by atoms with van der Waals surface area (Å²) in [5.74, 6) is -0.235. The average molecular weight is 289 g/mol. The van der Waals surface area contributed by atoms with Crippen LogP contribution in [-0.2, 0) is 16.0 Å². The lowest BCUT2D eigenvalue weighted by molar-refractivity contribution is -0.133. The van der Waals surface area contributed by atoms with Gasteiger partial charge in [-0.3, -0.25) is 4.79 Å². The van der Waals surface area contributed by atoms with Gasteiger partial charge in [-0.2, -0.15) is 0 Å². The molecule has 0 radical (unpaired) electrons. The highest BCUT2D eigenvalue weighted by Crippen LogP contribution is 2.21. The highest BCUT2D eigenvalue weighted by atomic mass is 16.6. The highest BCUT2D eigenvalue weighted by molar-refractivity contribution is 5.94. The van der Waals surface area contributed by atoms with Crippen molar-refractivity contribution in [1.29, 1.82) is 0 Å². The maximum atomic E-state index is 12.5. The monoisotopic (exact) mass is 289 g/mol. The van der Waals surface area contributed by atoms with E-state index in [4.69, 9.17) is 4.74 Å². The molecule has 0 saturated carbocycles. The van der Waals surface area contributed by atoms with Gasteiger partial charge in [-0.25, -0.2) is 9.69 Å². The summed E-state index contributed by atoms with van der Waals surface area (Å²) in [6, 6.07) is 9.70. The van der Waals surface area contributed by atoms with Crippen LogP contribution in [0.3, 0.4) is 0 Å². The molecule has 0 aliphatic carbocycles. The van der Waals surface area contributed by atoms with E-state index in [9.17, 15) is 9.59 Å². The predicted octanol–water partition coefficient (Wildman–Crippen LogP) is 3.40. The first-order valence-electron chi connectivity index (χ1n) is 7.67. The fourth-order valence-corrected chi connectivity index (χ4v) is 2.64. The van der Waals surface area contributed by atoms with E-state index < -0.39 is 6.09 Å². The van der Waals surface area contributed by atoms with Gasteiger partial charge in [-0.05, 0) is 18.4 Å². The van der Waals surface area contributed by atoms with Crippen molar-refractivity contribution in [3.05, 3.63) is 35.9 Å². The molecule has 1 aliphatic heterocycles. The molecule has 1 aromatic carbocycles. The molecule has 4 heteroatoms. The standard InChI is InChI=1S/C17H23NO3/c1-3-4-8-13(2)16(19)18-15(12-21-17(18)20)11-14-9-6-5-7-10-14/h5-7,9-10,13,15H,3-4,8,11-12H2,1-2H3/t13-,15-/m0/s1. The Hall–Kier alpha value is -1.84. The maximum absolute atomic E-state index is 12.5. The van der Waals surface area contributed by atoms with Gasteiger partial charge in [0.1, 0.15) is 6.61 Å². The lowest BCUT2D eigenvalue weighted by Gasteiger charge is -2.23. The zero-order valence-corrected chi connectivity index (χ0v) is 12.7. The number of ether oxygens (including phenoxy) is 1. The molecule has 0 aromatic heterocycles. The summed E-state index contributed by atoms with van der Waals surface area (Å²) in [4.78, 5) is 25.7. The second-order valence-corrected chi connectivity index (χ2v) is 5.67. The normalized spacial score (nSPS) is 19.4. The number of carbonyl (C=O) groups is 2. The summed E-state index contributed by atoms with van der Waals surface area (Å²) < 4.78 is 5.09. The molecule has 0 N–H and O–H groups in total. The summed E-state index contributed by atoms with van der Waals surface area (Å²) in [6.45, 7) is 4.28. The molecule has 114 valence electrons. The number of hydrogen-bond donors (Lipinski definition) is 0. The molecule has 0 bridgehead atoms. The van der Waals surface area contributed by atoms with Crippen LogP contribution >= 0.6 is 0 Å². The number of carbonyl (C=O) groups excluding carboxylic acids is 2. The van der Waals surface area contributed by atoms with E-state index in [2.05, 4.69) is 6.92 Å². The Kier molecular flexibility index (Phi) is 5.37. The smallest absolute Gasteiger partial charge is 0.416 e. The van der Waals surface area contributed by atoms with E-state index in [1.54, 1.807) is 0 Å². The fourth-order valence-electron chi connectivity index (χ4n) is 2.64. The predicted molar refractivity (Wildman–Crippen MR) is 80.8 cm³/mol. The second kappa shape index (κ2) is 7.25. The molecule has 21 heavy (non-hydrogen) atoms. The zero-order valence-electron chi connectivity index (χ0n) is 12.7. The van der Waals surface area contributed by atoms with E-state index >= 15 is 0 Å². The minimum absolute atomic E-state index is 0.105. The minimum Gasteiger partial charge on any atom is -0.447 e. The Morgan fingerprint density at radius 1 is 1.38 bits per heavy atom. The van der Waals surface area contributed by atoms with E-state index in [1.807, 2.05) is 37.3 Å². The summed E-state index contributed by atoms with van der Waals surface area (Å²) in [6.07, 6.45) is 3.02. The van der Waals surface area contributed by atoms with Crippen LogP contribution in [0.5, 0.6) is 0 Å². The molecule has 0 unspecified atom stereocenters. The lowest BCUT2D eigenvalue weighted by atomic mass is 10.0. The molecule has 4 nitrogen and oxygen atoms in total. The van der Waals surface area contributed by atoms with E-state index in [-0.39, 0.29) is 17.9 Å². The SMILES string of the molecule is CCCC[C@H](C)C(=O)N1C(=O)OC[C@@H]1Cc1ccccc1. The molecule has 2 rings (SSSR count). The molecule has 0 spiro atoms. The fraction of sp³-hybridized carbons (Fsp3) is 0.529. The number of amides is 2. The minimum atomic E-state index is -0.496. The Balaban J connectivity index is 2.04. The van der Waals surface area contributed by atoms with Crippen molar-refractivity contribution >= 4 is 12.0 Å². The number of unbranched alkanes of at least 4 members (excludes halogenated alkanes) is 1. The number of hydrogen-bond acceptors (Lipinski definition) is 3. The Bertz CT molecular complexity index is 486.